The van der Waals surface area contributed by atoms with Gasteiger partial charge in [0.1, 0.15) is 22.9 Å². The third-order valence-electron chi connectivity index (χ3n) is 6.10. The van der Waals surface area contributed by atoms with Crippen LogP contribution in [0.1, 0.15) is 37.4 Å². The summed E-state index contributed by atoms with van der Waals surface area (Å²) < 4.78 is 2.08. The minimum Gasteiger partial charge on any atom is -0.382 e. The van der Waals surface area contributed by atoms with Gasteiger partial charge in [0.25, 0.3) is 0 Å². The predicted molar refractivity (Wildman–Crippen MR) is 113 cm³/mol. The van der Waals surface area contributed by atoms with Gasteiger partial charge < -0.3 is 16.0 Å². The van der Waals surface area contributed by atoms with Crippen molar-refractivity contribution in [2.75, 3.05) is 12.8 Å². The fourth-order valence-electron chi connectivity index (χ4n) is 4.58. The minimum absolute atomic E-state index is 0.0994. The summed E-state index contributed by atoms with van der Waals surface area (Å²) in [4.78, 5) is 24.8. The van der Waals surface area contributed by atoms with Crippen LogP contribution >= 0.6 is 0 Å². The number of imidazole rings is 1. The summed E-state index contributed by atoms with van der Waals surface area (Å²) in [5.41, 5.74) is 9.94. The van der Waals surface area contributed by atoms with Crippen LogP contribution < -0.4 is 11.1 Å². The van der Waals surface area contributed by atoms with Gasteiger partial charge >= 0.3 is 0 Å². The summed E-state index contributed by atoms with van der Waals surface area (Å²) in [6.45, 7) is 0. The van der Waals surface area contributed by atoms with Crippen molar-refractivity contribution in [2.45, 2.75) is 31.6 Å². The topological polar surface area (TPSA) is 101 Å². The number of amides is 1. The van der Waals surface area contributed by atoms with Crippen LogP contribution in [-0.2, 0) is 4.79 Å². The van der Waals surface area contributed by atoms with Gasteiger partial charge in [0.2, 0.25) is 5.91 Å². The Morgan fingerprint density at radius 2 is 2.03 bits per heavy atom. The zero-order valence-electron chi connectivity index (χ0n) is 16.4. The molecule has 5 rings (SSSR count). The Morgan fingerprint density at radius 3 is 2.79 bits per heavy atom. The lowest BCUT2D eigenvalue weighted by Gasteiger charge is -2.26. The Hall–Kier alpha value is -3.35. The molecular formula is C22H24N6O. The van der Waals surface area contributed by atoms with Crippen molar-refractivity contribution >= 4 is 28.1 Å². The van der Waals surface area contributed by atoms with E-state index in [2.05, 4.69) is 37.9 Å². The fraction of sp³-hybridized carbons (Fsp3) is 0.318. The first-order valence-electron chi connectivity index (χ1n) is 10.1. The number of aromatic amines is 1. The van der Waals surface area contributed by atoms with E-state index in [4.69, 9.17) is 10.7 Å². The third-order valence-corrected chi connectivity index (χ3v) is 6.10. The molecule has 0 atom stereocenters. The molecule has 1 aromatic carbocycles. The highest BCUT2D eigenvalue weighted by molar-refractivity contribution is 5.91. The monoisotopic (exact) mass is 388 g/mol. The van der Waals surface area contributed by atoms with Crippen LogP contribution in [0.25, 0.3) is 27.8 Å². The molecule has 1 fully saturated rings. The van der Waals surface area contributed by atoms with E-state index >= 15 is 0 Å². The van der Waals surface area contributed by atoms with E-state index in [9.17, 15) is 4.79 Å². The molecule has 7 heteroatoms. The number of anilines is 1. The molecular weight excluding hydrogens is 364 g/mol. The number of aromatic nitrogens is 4. The van der Waals surface area contributed by atoms with Gasteiger partial charge in [0.05, 0.1) is 5.69 Å². The van der Waals surface area contributed by atoms with Crippen molar-refractivity contribution in [3.63, 3.8) is 0 Å². The van der Waals surface area contributed by atoms with Gasteiger partial charge in [-0.3, -0.25) is 9.20 Å². The van der Waals surface area contributed by atoms with E-state index in [-0.39, 0.29) is 11.8 Å². The summed E-state index contributed by atoms with van der Waals surface area (Å²) in [7, 11) is 1.71. The Morgan fingerprint density at radius 1 is 1.24 bits per heavy atom. The smallest absolute Gasteiger partial charge is 0.222 e. The Kier molecular flexibility index (Phi) is 4.23. The maximum atomic E-state index is 12.0. The molecule has 0 bridgehead atoms. The lowest BCUT2D eigenvalue weighted by Crippen LogP contribution is -2.30. The zero-order valence-corrected chi connectivity index (χ0v) is 16.4. The van der Waals surface area contributed by atoms with E-state index in [0.717, 1.165) is 59.3 Å². The van der Waals surface area contributed by atoms with E-state index in [1.807, 2.05) is 18.3 Å². The first-order chi connectivity index (χ1) is 14.2. The highest BCUT2D eigenvalue weighted by Crippen LogP contribution is 2.38. The quantitative estimate of drug-likeness (QED) is 0.500. The number of hydrogen-bond donors (Lipinski definition) is 3. The van der Waals surface area contributed by atoms with E-state index in [0.29, 0.717) is 11.7 Å². The molecule has 3 heterocycles. The van der Waals surface area contributed by atoms with Crippen LogP contribution in [0.2, 0.25) is 0 Å². The average Bonchev–Trinajstić information content (AvgIpc) is 3.35. The highest BCUT2D eigenvalue weighted by Gasteiger charge is 2.30. The van der Waals surface area contributed by atoms with Gasteiger partial charge in [-0.15, -0.1) is 0 Å². The second-order valence-corrected chi connectivity index (χ2v) is 7.78. The zero-order chi connectivity index (χ0) is 20.0. The molecule has 148 valence electrons. The number of hydrogen-bond acceptors (Lipinski definition) is 4. The van der Waals surface area contributed by atoms with Crippen molar-refractivity contribution in [3.05, 3.63) is 48.5 Å². The third kappa shape index (κ3) is 2.93. The van der Waals surface area contributed by atoms with Crippen LogP contribution in [-0.4, -0.2) is 32.3 Å². The van der Waals surface area contributed by atoms with Gasteiger partial charge in [0, 0.05) is 42.2 Å². The van der Waals surface area contributed by atoms with E-state index in [1.165, 1.54) is 0 Å². The molecule has 0 radical (unpaired) electrons. The predicted octanol–water partition coefficient (Wildman–Crippen LogP) is 3.48. The molecule has 1 aliphatic carbocycles. The normalized spacial score (nSPS) is 19.6. The molecule has 0 saturated heterocycles. The second-order valence-electron chi connectivity index (χ2n) is 7.78. The molecule has 3 aromatic heterocycles. The molecule has 4 N–H and O–H groups in total. The lowest BCUT2D eigenvalue weighted by molar-refractivity contribution is -0.125. The van der Waals surface area contributed by atoms with Crippen LogP contribution in [0, 0.1) is 5.92 Å². The molecule has 1 saturated carbocycles. The van der Waals surface area contributed by atoms with Gasteiger partial charge in [-0.25, -0.2) is 9.97 Å². The standard InChI is InChI=1S/C22H24N6O/c1-24-22(29)14-8-6-13(7-9-14)21-27-18(19-20(23)25-10-11-28(19)21)17-12-15-4-2-3-5-16(15)26-17/h2-5,10-14,26H,6-9H2,1H3,(H2,23,25)(H,24,29)/t13-,14-. The Bertz CT molecular complexity index is 1170. The summed E-state index contributed by atoms with van der Waals surface area (Å²) in [5.74, 6) is 2.01. The van der Waals surface area contributed by atoms with E-state index < -0.39 is 0 Å². The highest BCUT2D eigenvalue weighted by atomic mass is 16.1. The number of carbonyl (C=O) groups excluding carboxylic acids is 1. The number of nitrogen functional groups attached to an aromatic ring is 1. The van der Waals surface area contributed by atoms with Crippen LogP contribution in [0.3, 0.4) is 0 Å². The summed E-state index contributed by atoms with van der Waals surface area (Å²) in [6.07, 6.45) is 7.28. The van der Waals surface area contributed by atoms with Crippen molar-refractivity contribution in [3.8, 4) is 11.4 Å². The maximum Gasteiger partial charge on any atom is 0.222 e. The average molecular weight is 388 g/mol. The number of nitrogens with zero attached hydrogens (tertiary/aromatic N) is 3. The van der Waals surface area contributed by atoms with Crippen LogP contribution in [0.5, 0.6) is 0 Å². The lowest BCUT2D eigenvalue weighted by atomic mass is 9.81. The summed E-state index contributed by atoms with van der Waals surface area (Å²) in [5, 5.41) is 3.91. The number of benzene rings is 1. The molecule has 0 unspecified atom stereocenters. The number of rotatable bonds is 3. The molecule has 0 aliphatic heterocycles. The van der Waals surface area contributed by atoms with Gasteiger partial charge in [-0.05, 0) is 37.8 Å². The number of para-hydroxylation sites is 1. The molecule has 4 aromatic rings. The number of carbonyl (C=O) groups is 1. The van der Waals surface area contributed by atoms with Crippen molar-refractivity contribution in [1.29, 1.82) is 0 Å². The first-order valence-corrected chi connectivity index (χ1v) is 10.1. The number of nitrogens with two attached hydrogens (primary N) is 1. The second kappa shape index (κ2) is 6.92. The van der Waals surface area contributed by atoms with Crippen molar-refractivity contribution in [2.24, 2.45) is 5.92 Å². The van der Waals surface area contributed by atoms with Gasteiger partial charge in [-0.2, -0.15) is 0 Å². The summed E-state index contributed by atoms with van der Waals surface area (Å²) in [6, 6.07) is 10.3. The van der Waals surface area contributed by atoms with Gasteiger partial charge in [-0.1, -0.05) is 18.2 Å². The maximum absolute atomic E-state index is 12.0. The molecule has 0 spiro atoms. The molecule has 1 aliphatic rings. The van der Waals surface area contributed by atoms with Crippen molar-refractivity contribution < 1.29 is 4.79 Å². The number of nitrogens with one attached hydrogen (secondary N) is 2. The molecule has 1 amide bonds. The summed E-state index contributed by atoms with van der Waals surface area (Å²) >= 11 is 0. The van der Waals surface area contributed by atoms with Crippen LogP contribution in [0.4, 0.5) is 5.82 Å². The van der Waals surface area contributed by atoms with Gasteiger partial charge in [0.15, 0.2) is 0 Å². The first kappa shape index (κ1) is 17.7. The van der Waals surface area contributed by atoms with E-state index in [1.54, 1.807) is 13.2 Å². The molecule has 7 nitrogen and oxygen atoms in total. The Labute approximate surface area is 168 Å². The number of fused-ring (bicyclic) bond motifs is 2. The SMILES string of the molecule is CNC(=O)[C@H]1CC[C@H](c2nc(-c3cc4ccccc4[nH]3)c3c(N)nccn32)CC1. The fourth-order valence-corrected chi connectivity index (χ4v) is 4.58. The Balaban J connectivity index is 1.57. The largest absolute Gasteiger partial charge is 0.382 e. The van der Waals surface area contributed by atoms with Crippen molar-refractivity contribution in [1.82, 2.24) is 24.7 Å². The molecule has 29 heavy (non-hydrogen) atoms. The number of H-pyrrole nitrogens is 1. The minimum atomic E-state index is 0.0994. The van der Waals surface area contributed by atoms with Crippen LogP contribution in [0.15, 0.2) is 42.7 Å².